The smallest absolute Gasteiger partial charge is 0.327 e. The first-order valence-electron chi connectivity index (χ1n) is 6.52. The predicted octanol–water partition coefficient (Wildman–Crippen LogP) is 2.92. The monoisotopic (exact) mass is 276 g/mol. The van der Waals surface area contributed by atoms with Gasteiger partial charge in [0, 0.05) is 18.0 Å². The van der Waals surface area contributed by atoms with Crippen LogP contribution in [0.4, 0.5) is 0 Å². The second-order valence-corrected chi connectivity index (χ2v) is 4.69. The summed E-state index contributed by atoms with van der Waals surface area (Å²) in [6, 6.07) is 7.29. The maximum Gasteiger partial charge on any atom is 0.327 e. The number of azide groups is 1. The third kappa shape index (κ3) is 4.57. The molecule has 0 aliphatic carbocycles. The van der Waals surface area contributed by atoms with E-state index in [4.69, 9.17) is 10.3 Å². The highest BCUT2D eigenvalue weighted by Crippen LogP contribution is 2.19. The van der Waals surface area contributed by atoms with Crippen LogP contribution in [-0.2, 0) is 9.53 Å². The second kappa shape index (κ2) is 8.19. The third-order valence-electron chi connectivity index (χ3n) is 3.00. The molecule has 1 N–H and O–H groups in total. The van der Waals surface area contributed by atoms with Crippen LogP contribution in [0.5, 0.6) is 0 Å². The lowest BCUT2D eigenvalue weighted by Crippen LogP contribution is -2.31. The number of ether oxygens (including phenoxy) is 1. The lowest BCUT2D eigenvalue weighted by Gasteiger charge is -2.17. The van der Waals surface area contributed by atoms with E-state index >= 15 is 0 Å². The molecule has 0 spiro atoms. The minimum atomic E-state index is -0.546. The van der Waals surface area contributed by atoms with Crippen LogP contribution in [0.15, 0.2) is 29.4 Å². The van der Waals surface area contributed by atoms with E-state index in [0.717, 1.165) is 5.56 Å². The van der Waals surface area contributed by atoms with Gasteiger partial charge in [0.15, 0.2) is 0 Å². The van der Waals surface area contributed by atoms with Gasteiger partial charge in [0.2, 0.25) is 0 Å². The van der Waals surface area contributed by atoms with Crippen LogP contribution in [0.3, 0.4) is 0 Å². The summed E-state index contributed by atoms with van der Waals surface area (Å²) in [7, 11) is 1.35. The van der Waals surface area contributed by atoms with Gasteiger partial charge < -0.3 is 10.1 Å². The molecular formula is C14H20N4O2. The van der Waals surface area contributed by atoms with Crippen LogP contribution in [0, 0.1) is 0 Å². The fourth-order valence-electron chi connectivity index (χ4n) is 1.83. The zero-order valence-corrected chi connectivity index (χ0v) is 12.0. The molecule has 0 heterocycles. The van der Waals surface area contributed by atoms with Gasteiger partial charge in [-0.05, 0) is 22.6 Å². The Kier molecular flexibility index (Phi) is 6.56. The second-order valence-electron chi connectivity index (χ2n) is 4.69. The van der Waals surface area contributed by atoms with Gasteiger partial charge >= 0.3 is 5.97 Å². The summed E-state index contributed by atoms with van der Waals surface area (Å²) < 4.78 is 4.80. The van der Waals surface area contributed by atoms with Gasteiger partial charge in [0.05, 0.1) is 7.11 Å². The standard InChI is InChI=1S/C14H20N4O2/c1-10(2)11-4-6-12(7-5-11)13(14(19)20-3)16-8-9-17-18-15/h4-7,10,13,16H,8-9H2,1-3H3. The number of carbonyl (C=O) groups is 1. The average Bonchev–Trinajstić information content (AvgIpc) is 2.47. The molecule has 0 aliphatic rings. The van der Waals surface area contributed by atoms with Gasteiger partial charge in [0.25, 0.3) is 0 Å². The molecule has 20 heavy (non-hydrogen) atoms. The van der Waals surface area contributed by atoms with Gasteiger partial charge in [-0.15, -0.1) is 0 Å². The van der Waals surface area contributed by atoms with Crippen LogP contribution in [0.1, 0.15) is 36.9 Å². The number of hydrogen-bond donors (Lipinski definition) is 1. The Labute approximate surface area is 118 Å². The Morgan fingerprint density at radius 2 is 1.95 bits per heavy atom. The van der Waals surface area contributed by atoms with Gasteiger partial charge in [-0.25, -0.2) is 4.79 Å². The quantitative estimate of drug-likeness (QED) is 0.273. The Hall–Kier alpha value is -2.04. The number of carbonyl (C=O) groups excluding carboxylic acids is 1. The van der Waals surface area contributed by atoms with Crippen molar-refractivity contribution in [2.45, 2.75) is 25.8 Å². The number of benzene rings is 1. The van der Waals surface area contributed by atoms with Crippen LogP contribution in [-0.4, -0.2) is 26.2 Å². The predicted molar refractivity (Wildman–Crippen MR) is 77.3 cm³/mol. The molecule has 0 amide bonds. The Morgan fingerprint density at radius 1 is 1.35 bits per heavy atom. The van der Waals surface area contributed by atoms with Crippen LogP contribution in [0.25, 0.3) is 10.4 Å². The van der Waals surface area contributed by atoms with Crippen molar-refractivity contribution in [3.05, 3.63) is 45.8 Å². The molecule has 0 aromatic heterocycles. The molecule has 0 bridgehead atoms. The first-order chi connectivity index (χ1) is 9.60. The molecule has 0 fully saturated rings. The summed E-state index contributed by atoms with van der Waals surface area (Å²) in [4.78, 5) is 14.5. The first kappa shape index (κ1) is 16.0. The van der Waals surface area contributed by atoms with E-state index in [2.05, 4.69) is 29.2 Å². The zero-order chi connectivity index (χ0) is 15.0. The molecule has 108 valence electrons. The fourth-order valence-corrected chi connectivity index (χ4v) is 1.83. The zero-order valence-electron chi connectivity index (χ0n) is 12.0. The minimum Gasteiger partial charge on any atom is -0.468 e. The Morgan fingerprint density at radius 3 is 2.45 bits per heavy atom. The highest BCUT2D eigenvalue weighted by Gasteiger charge is 2.20. The molecule has 0 aliphatic heterocycles. The lowest BCUT2D eigenvalue weighted by atomic mass is 9.99. The summed E-state index contributed by atoms with van der Waals surface area (Å²) in [5.74, 6) is 0.0850. The molecule has 6 nitrogen and oxygen atoms in total. The molecule has 1 atom stereocenters. The molecule has 0 saturated heterocycles. The maximum atomic E-state index is 11.8. The summed E-state index contributed by atoms with van der Waals surface area (Å²) in [6.45, 7) is 4.93. The van der Waals surface area contributed by atoms with Gasteiger partial charge in [0.1, 0.15) is 6.04 Å². The summed E-state index contributed by atoms with van der Waals surface area (Å²) in [6.07, 6.45) is 0. The van der Waals surface area contributed by atoms with Crippen LogP contribution < -0.4 is 5.32 Å². The van der Waals surface area contributed by atoms with Crippen molar-refractivity contribution in [3.8, 4) is 0 Å². The topological polar surface area (TPSA) is 87.1 Å². The van der Waals surface area contributed by atoms with E-state index in [1.165, 1.54) is 12.7 Å². The number of hydrogen-bond acceptors (Lipinski definition) is 4. The van der Waals surface area contributed by atoms with Gasteiger partial charge in [-0.1, -0.05) is 43.2 Å². The SMILES string of the molecule is COC(=O)C(NCCN=[N+]=[N-])c1ccc(C(C)C)cc1. The van der Waals surface area contributed by atoms with Crippen LogP contribution in [0.2, 0.25) is 0 Å². The fraction of sp³-hybridized carbons (Fsp3) is 0.500. The van der Waals surface area contributed by atoms with Crippen molar-refractivity contribution < 1.29 is 9.53 Å². The molecule has 1 aromatic carbocycles. The first-order valence-corrected chi connectivity index (χ1v) is 6.52. The van der Waals surface area contributed by atoms with Crippen molar-refractivity contribution in [1.82, 2.24) is 5.32 Å². The third-order valence-corrected chi connectivity index (χ3v) is 3.00. The normalized spacial score (nSPS) is 11.8. The molecule has 0 radical (unpaired) electrons. The van der Waals surface area contributed by atoms with E-state index in [1.54, 1.807) is 0 Å². The lowest BCUT2D eigenvalue weighted by molar-refractivity contribution is -0.143. The number of rotatable bonds is 7. The highest BCUT2D eigenvalue weighted by atomic mass is 16.5. The number of esters is 1. The molecule has 0 saturated carbocycles. The Balaban J connectivity index is 2.81. The van der Waals surface area contributed by atoms with E-state index in [-0.39, 0.29) is 12.5 Å². The van der Waals surface area contributed by atoms with E-state index in [9.17, 15) is 4.79 Å². The number of nitrogens with zero attached hydrogens (tertiary/aromatic N) is 3. The van der Waals surface area contributed by atoms with Crippen molar-refractivity contribution in [3.63, 3.8) is 0 Å². The molecule has 1 aromatic rings. The summed E-state index contributed by atoms with van der Waals surface area (Å²) >= 11 is 0. The Bertz CT molecular complexity index is 478. The van der Waals surface area contributed by atoms with Crippen molar-refractivity contribution in [2.24, 2.45) is 5.11 Å². The maximum absolute atomic E-state index is 11.8. The molecule has 1 rings (SSSR count). The average molecular weight is 276 g/mol. The van der Waals surface area contributed by atoms with Crippen molar-refractivity contribution >= 4 is 5.97 Å². The largest absolute Gasteiger partial charge is 0.468 e. The molecule has 1 unspecified atom stereocenters. The van der Waals surface area contributed by atoms with Gasteiger partial charge in [-0.3, -0.25) is 0 Å². The number of methoxy groups -OCH3 is 1. The van der Waals surface area contributed by atoms with Crippen molar-refractivity contribution in [1.29, 1.82) is 0 Å². The van der Waals surface area contributed by atoms with E-state index in [0.29, 0.717) is 12.5 Å². The highest BCUT2D eigenvalue weighted by molar-refractivity contribution is 5.77. The van der Waals surface area contributed by atoms with E-state index in [1.807, 2.05) is 24.3 Å². The summed E-state index contributed by atoms with van der Waals surface area (Å²) in [5.41, 5.74) is 10.3. The van der Waals surface area contributed by atoms with E-state index < -0.39 is 6.04 Å². The van der Waals surface area contributed by atoms with Crippen molar-refractivity contribution in [2.75, 3.05) is 20.2 Å². The summed E-state index contributed by atoms with van der Waals surface area (Å²) in [5, 5.41) is 6.46. The van der Waals surface area contributed by atoms with Gasteiger partial charge in [-0.2, -0.15) is 0 Å². The van der Waals surface area contributed by atoms with Crippen LogP contribution >= 0.6 is 0 Å². The minimum absolute atomic E-state index is 0.286. The number of nitrogens with one attached hydrogen (secondary N) is 1. The molecular weight excluding hydrogens is 256 g/mol. The molecule has 6 heteroatoms.